The van der Waals surface area contributed by atoms with E-state index in [0.717, 1.165) is 53.7 Å². The van der Waals surface area contributed by atoms with Gasteiger partial charge in [0, 0.05) is 30.6 Å². The van der Waals surface area contributed by atoms with Crippen LogP contribution in [0.4, 0.5) is 0 Å². The van der Waals surface area contributed by atoms with Gasteiger partial charge in [0.05, 0.1) is 23.9 Å². The lowest BCUT2D eigenvalue weighted by molar-refractivity contribution is -0.137. The Morgan fingerprint density at radius 2 is 1.86 bits per heavy atom. The Morgan fingerprint density at radius 3 is 2.56 bits per heavy atom. The summed E-state index contributed by atoms with van der Waals surface area (Å²) in [4.78, 5) is 26.6. The third-order valence-electron chi connectivity index (χ3n) is 7.16. The SMILES string of the molecule is COC(=O)c1ccc2c(C3CCCCC3)c(-c3ccccc3CNCCN(C)C)n(CC(=O)O)c2c1. The van der Waals surface area contributed by atoms with Crippen molar-refractivity contribution < 1.29 is 19.4 Å². The maximum atomic E-state index is 12.3. The maximum Gasteiger partial charge on any atom is 0.337 e. The van der Waals surface area contributed by atoms with Crippen LogP contribution in [0.1, 0.15) is 59.5 Å². The zero-order valence-corrected chi connectivity index (χ0v) is 21.5. The number of carbonyl (C=O) groups is 2. The zero-order chi connectivity index (χ0) is 25.7. The Hall–Kier alpha value is -3.16. The summed E-state index contributed by atoms with van der Waals surface area (Å²) >= 11 is 0. The Morgan fingerprint density at radius 1 is 1.11 bits per heavy atom. The average molecular weight is 492 g/mol. The summed E-state index contributed by atoms with van der Waals surface area (Å²) in [7, 11) is 5.47. The molecule has 0 atom stereocenters. The van der Waals surface area contributed by atoms with Gasteiger partial charge in [-0.1, -0.05) is 49.6 Å². The summed E-state index contributed by atoms with van der Waals surface area (Å²) in [6.45, 7) is 2.31. The Kier molecular flexibility index (Phi) is 8.44. The number of esters is 1. The van der Waals surface area contributed by atoms with Crippen molar-refractivity contribution >= 4 is 22.8 Å². The van der Waals surface area contributed by atoms with E-state index in [0.29, 0.717) is 18.0 Å². The lowest BCUT2D eigenvalue weighted by Gasteiger charge is -2.24. The standard InChI is InChI=1S/C29H37N3O4/c1-31(2)16-15-30-18-22-11-7-8-12-23(22)28-27(20-9-5-4-6-10-20)24-14-13-21(29(35)36-3)17-25(24)32(28)19-26(33)34/h7-8,11-14,17,20,30H,4-6,9-10,15-16,18-19H2,1-3H3,(H,33,34). The van der Waals surface area contributed by atoms with Gasteiger partial charge in [0.25, 0.3) is 0 Å². The third kappa shape index (κ3) is 5.63. The van der Waals surface area contributed by atoms with Gasteiger partial charge in [0.15, 0.2) is 0 Å². The van der Waals surface area contributed by atoms with E-state index in [4.69, 9.17) is 4.74 Å². The number of aliphatic carboxylic acids is 1. The third-order valence-corrected chi connectivity index (χ3v) is 7.16. The van der Waals surface area contributed by atoms with E-state index in [2.05, 4.69) is 36.4 Å². The molecule has 4 rings (SSSR count). The maximum absolute atomic E-state index is 12.3. The highest BCUT2D eigenvalue weighted by Crippen LogP contribution is 2.45. The van der Waals surface area contributed by atoms with Gasteiger partial charge in [-0.3, -0.25) is 4.79 Å². The van der Waals surface area contributed by atoms with Crippen LogP contribution in [0.25, 0.3) is 22.2 Å². The number of methoxy groups -OCH3 is 1. The molecule has 0 bridgehead atoms. The van der Waals surface area contributed by atoms with Gasteiger partial charge in [0.1, 0.15) is 6.54 Å². The lowest BCUT2D eigenvalue weighted by Crippen LogP contribution is -2.26. The molecule has 1 heterocycles. The largest absolute Gasteiger partial charge is 0.480 e. The van der Waals surface area contributed by atoms with Crippen molar-refractivity contribution in [2.45, 2.75) is 51.1 Å². The van der Waals surface area contributed by atoms with E-state index in [1.807, 2.05) is 22.8 Å². The van der Waals surface area contributed by atoms with Crippen LogP contribution in [0.15, 0.2) is 42.5 Å². The van der Waals surface area contributed by atoms with Crippen LogP contribution in [0.2, 0.25) is 0 Å². The molecule has 1 saturated carbocycles. The summed E-state index contributed by atoms with van der Waals surface area (Å²) in [5.74, 6) is -0.982. The number of nitrogens with zero attached hydrogens (tertiary/aromatic N) is 2. The molecule has 0 aliphatic heterocycles. The molecule has 3 aromatic rings. The number of benzene rings is 2. The molecule has 36 heavy (non-hydrogen) atoms. The van der Waals surface area contributed by atoms with Gasteiger partial charge in [-0.2, -0.15) is 0 Å². The molecule has 0 amide bonds. The molecule has 7 nitrogen and oxygen atoms in total. The summed E-state index contributed by atoms with van der Waals surface area (Å²) in [5.41, 5.74) is 5.55. The number of carboxylic acid groups (broad SMARTS) is 1. The van der Waals surface area contributed by atoms with Gasteiger partial charge in [0.2, 0.25) is 0 Å². The minimum absolute atomic E-state index is 0.175. The number of ether oxygens (including phenoxy) is 1. The lowest BCUT2D eigenvalue weighted by atomic mass is 9.81. The predicted molar refractivity (Wildman–Crippen MR) is 142 cm³/mol. The van der Waals surface area contributed by atoms with E-state index < -0.39 is 11.9 Å². The van der Waals surface area contributed by atoms with Crippen molar-refractivity contribution in [1.29, 1.82) is 0 Å². The molecule has 1 fully saturated rings. The fraction of sp³-hybridized carbons (Fsp3) is 0.448. The number of carboxylic acids is 1. The summed E-state index contributed by atoms with van der Waals surface area (Å²) in [6, 6.07) is 13.8. The predicted octanol–water partition coefficient (Wildman–Crippen LogP) is 4.88. The Labute approximate surface area is 213 Å². The molecule has 0 radical (unpaired) electrons. The second-order valence-corrected chi connectivity index (χ2v) is 9.94. The fourth-order valence-electron chi connectivity index (χ4n) is 5.45. The van der Waals surface area contributed by atoms with Gasteiger partial charge in [-0.05, 0) is 56.1 Å². The normalized spacial score (nSPS) is 14.4. The topological polar surface area (TPSA) is 83.8 Å². The van der Waals surface area contributed by atoms with Gasteiger partial charge < -0.3 is 24.6 Å². The van der Waals surface area contributed by atoms with Gasteiger partial charge in [-0.15, -0.1) is 0 Å². The first-order chi connectivity index (χ1) is 17.4. The van der Waals surface area contributed by atoms with E-state index in [1.165, 1.54) is 31.9 Å². The van der Waals surface area contributed by atoms with Crippen LogP contribution < -0.4 is 5.32 Å². The molecule has 192 valence electrons. The van der Waals surface area contributed by atoms with Crippen LogP contribution in [-0.4, -0.2) is 60.8 Å². The first kappa shape index (κ1) is 25.9. The zero-order valence-electron chi connectivity index (χ0n) is 21.5. The number of hydrogen-bond donors (Lipinski definition) is 2. The molecule has 7 heteroatoms. The summed E-state index contributed by atoms with van der Waals surface area (Å²) in [6.07, 6.45) is 5.74. The van der Waals surface area contributed by atoms with Crippen molar-refractivity contribution in [2.24, 2.45) is 0 Å². The van der Waals surface area contributed by atoms with Crippen LogP contribution in [0.3, 0.4) is 0 Å². The van der Waals surface area contributed by atoms with Crippen LogP contribution >= 0.6 is 0 Å². The molecule has 0 saturated heterocycles. The van der Waals surface area contributed by atoms with Crippen LogP contribution in [-0.2, 0) is 22.6 Å². The highest BCUT2D eigenvalue weighted by atomic mass is 16.5. The second-order valence-electron chi connectivity index (χ2n) is 9.94. The molecule has 1 aliphatic rings. The monoisotopic (exact) mass is 491 g/mol. The van der Waals surface area contributed by atoms with Gasteiger partial charge >= 0.3 is 11.9 Å². The number of hydrogen-bond acceptors (Lipinski definition) is 5. The molecule has 1 aliphatic carbocycles. The fourth-order valence-corrected chi connectivity index (χ4v) is 5.45. The molecular weight excluding hydrogens is 454 g/mol. The number of aromatic nitrogens is 1. The number of nitrogens with one attached hydrogen (secondary N) is 1. The van der Waals surface area contributed by atoms with Gasteiger partial charge in [-0.25, -0.2) is 4.79 Å². The number of carbonyl (C=O) groups excluding carboxylic acids is 1. The van der Waals surface area contributed by atoms with E-state index in [9.17, 15) is 14.7 Å². The average Bonchev–Trinajstić information content (AvgIpc) is 3.19. The minimum atomic E-state index is -0.909. The molecular formula is C29H37N3O4. The van der Waals surface area contributed by atoms with E-state index >= 15 is 0 Å². The molecule has 2 N–H and O–H groups in total. The van der Waals surface area contributed by atoms with Crippen molar-refractivity contribution in [3.63, 3.8) is 0 Å². The highest BCUT2D eigenvalue weighted by molar-refractivity contribution is 5.99. The van der Waals surface area contributed by atoms with Crippen LogP contribution in [0, 0.1) is 0 Å². The summed E-state index contributed by atoms with van der Waals surface area (Å²) < 4.78 is 6.85. The van der Waals surface area contributed by atoms with Crippen molar-refractivity contribution in [3.8, 4) is 11.3 Å². The van der Waals surface area contributed by atoms with Crippen LogP contribution in [0.5, 0.6) is 0 Å². The highest BCUT2D eigenvalue weighted by Gasteiger charge is 2.28. The number of rotatable bonds is 10. The number of likely N-dealkylation sites (N-methyl/N-ethyl adjacent to an activating group) is 1. The van der Waals surface area contributed by atoms with E-state index in [1.54, 1.807) is 12.1 Å². The van der Waals surface area contributed by atoms with Crippen molar-refractivity contribution in [3.05, 3.63) is 59.2 Å². The quantitative estimate of drug-likeness (QED) is 0.311. The minimum Gasteiger partial charge on any atom is -0.480 e. The Balaban J connectivity index is 1.92. The van der Waals surface area contributed by atoms with Crippen molar-refractivity contribution in [2.75, 3.05) is 34.3 Å². The first-order valence-corrected chi connectivity index (χ1v) is 12.8. The molecule has 2 aromatic carbocycles. The molecule has 1 aromatic heterocycles. The van der Waals surface area contributed by atoms with Crippen molar-refractivity contribution in [1.82, 2.24) is 14.8 Å². The summed E-state index contributed by atoms with van der Waals surface area (Å²) in [5, 5.41) is 14.5. The number of fused-ring (bicyclic) bond motifs is 1. The Bertz CT molecular complexity index is 1220. The van der Waals surface area contributed by atoms with E-state index in [-0.39, 0.29) is 6.54 Å². The molecule has 0 spiro atoms. The smallest absolute Gasteiger partial charge is 0.337 e. The first-order valence-electron chi connectivity index (χ1n) is 12.8. The second kappa shape index (κ2) is 11.7. The molecule has 0 unspecified atom stereocenters.